The molecule has 10 heteroatoms. The lowest BCUT2D eigenvalue weighted by atomic mass is 10.1. The van der Waals surface area contributed by atoms with Crippen molar-refractivity contribution in [2.45, 2.75) is 25.9 Å². The van der Waals surface area contributed by atoms with Gasteiger partial charge in [-0.1, -0.05) is 23.7 Å². The summed E-state index contributed by atoms with van der Waals surface area (Å²) in [5.41, 5.74) is 1.98. The van der Waals surface area contributed by atoms with Crippen LogP contribution in [0.2, 0.25) is 5.02 Å². The fourth-order valence-electron chi connectivity index (χ4n) is 2.11. The smallest absolute Gasteiger partial charge is 0.346 e. The standard InChI is InChI=1S/C16H22ClFN6O2/c1-16(2,10-18)20-14(25)24-15(26)23(13(21-24)22(3)4)19-9-11-6-5-7-12(17)8-11/h5-8,19H,9-10H2,1-4H3,(H,20,25). The zero-order valence-corrected chi connectivity index (χ0v) is 15.8. The van der Waals surface area contributed by atoms with Gasteiger partial charge in [0, 0.05) is 19.1 Å². The Kier molecular flexibility index (Phi) is 5.91. The third-order valence-corrected chi connectivity index (χ3v) is 3.70. The monoisotopic (exact) mass is 384 g/mol. The van der Waals surface area contributed by atoms with Crippen molar-refractivity contribution in [3.05, 3.63) is 45.3 Å². The number of nitrogens with zero attached hydrogens (tertiary/aromatic N) is 4. The van der Waals surface area contributed by atoms with Gasteiger partial charge in [0.2, 0.25) is 5.95 Å². The van der Waals surface area contributed by atoms with Crippen LogP contribution >= 0.6 is 11.6 Å². The lowest BCUT2D eigenvalue weighted by Gasteiger charge is -2.21. The molecule has 1 aromatic carbocycles. The molecule has 0 unspecified atom stereocenters. The molecule has 142 valence electrons. The summed E-state index contributed by atoms with van der Waals surface area (Å²) in [4.78, 5) is 26.5. The molecular weight excluding hydrogens is 363 g/mol. The molecule has 26 heavy (non-hydrogen) atoms. The van der Waals surface area contributed by atoms with E-state index in [1.807, 2.05) is 6.07 Å². The second-order valence-corrected chi connectivity index (χ2v) is 7.07. The number of carbonyl (C=O) groups excluding carboxylic acids is 1. The van der Waals surface area contributed by atoms with E-state index in [-0.39, 0.29) is 5.95 Å². The first-order chi connectivity index (χ1) is 12.1. The number of alkyl halides is 1. The van der Waals surface area contributed by atoms with Gasteiger partial charge in [-0.05, 0) is 31.5 Å². The third-order valence-electron chi connectivity index (χ3n) is 3.46. The first-order valence-corrected chi connectivity index (χ1v) is 8.28. The molecule has 0 fully saturated rings. The number of benzene rings is 1. The second kappa shape index (κ2) is 7.77. The van der Waals surface area contributed by atoms with E-state index in [0.29, 0.717) is 16.2 Å². The van der Waals surface area contributed by atoms with Crippen molar-refractivity contribution >= 4 is 23.6 Å². The van der Waals surface area contributed by atoms with Crippen molar-refractivity contribution in [1.29, 1.82) is 0 Å². The van der Waals surface area contributed by atoms with Gasteiger partial charge in [-0.3, -0.25) is 0 Å². The van der Waals surface area contributed by atoms with Crippen LogP contribution in [0.4, 0.5) is 15.1 Å². The molecule has 8 nitrogen and oxygen atoms in total. The first kappa shape index (κ1) is 19.8. The van der Waals surface area contributed by atoms with Gasteiger partial charge in [-0.2, -0.15) is 4.68 Å². The molecule has 1 heterocycles. The minimum absolute atomic E-state index is 0.227. The number of anilines is 1. The lowest BCUT2D eigenvalue weighted by molar-refractivity contribution is 0.218. The molecule has 0 spiro atoms. The zero-order valence-electron chi connectivity index (χ0n) is 15.1. The summed E-state index contributed by atoms with van der Waals surface area (Å²) in [7, 11) is 3.38. The number of aromatic nitrogens is 3. The van der Waals surface area contributed by atoms with Crippen LogP contribution in [0.5, 0.6) is 0 Å². The van der Waals surface area contributed by atoms with Crippen LogP contribution in [0.25, 0.3) is 0 Å². The van der Waals surface area contributed by atoms with Crippen LogP contribution in [0.3, 0.4) is 0 Å². The molecule has 0 aliphatic heterocycles. The molecule has 0 atom stereocenters. The quantitative estimate of drug-likeness (QED) is 0.793. The molecule has 2 aromatic rings. The Bertz CT molecular complexity index is 846. The van der Waals surface area contributed by atoms with Gasteiger partial charge >= 0.3 is 11.7 Å². The van der Waals surface area contributed by atoms with Gasteiger partial charge in [0.25, 0.3) is 0 Å². The molecule has 1 amide bonds. The van der Waals surface area contributed by atoms with Crippen molar-refractivity contribution in [2.24, 2.45) is 0 Å². The fraction of sp³-hybridized carbons (Fsp3) is 0.438. The van der Waals surface area contributed by atoms with Gasteiger partial charge in [0.05, 0.1) is 12.1 Å². The molecule has 0 saturated carbocycles. The molecule has 0 radical (unpaired) electrons. The van der Waals surface area contributed by atoms with E-state index in [2.05, 4.69) is 15.8 Å². The van der Waals surface area contributed by atoms with E-state index in [9.17, 15) is 14.0 Å². The van der Waals surface area contributed by atoms with E-state index in [1.54, 1.807) is 37.2 Å². The Hall–Kier alpha value is -2.55. The largest absolute Gasteiger partial charge is 0.375 e. The average Bonchev–Trinajstić information content (AvgIpc) is 2.90. The summed E-state index contributed by atoms with van der Waals surface area (Å²) in [5, 5.41) is 7.04. The molecule has 0 saturated heterocycles. The minimum Gasteiger partial charge on any atom is -0.346 e. The zero-order chi connectivity index (χ0) is 19.5. The van der Waals surface area contributed by atoms with Crippen LogP contribution in [0.15, 0.2) is 29.1 Å². The highest BCUT2D eigenvalue weighted by Crippen LogP contribution is 2.11. The summed E-state index contributed by atoms with van der Waals surface area (Å²) in [5.74, 6) is 0.227. The lowest BCUT2D eigenvalue weighted by Crippen LogP contribution is -2.50. The topological polar surface area (TPSA) is 84.2 Å². The fourth-order valence-corrected chi connectivity index (χ4v) is 2.32. The molecule has 2 rings (SSSR count). The van der Waals surface area contributed by atoms with Crippen LogP contribution in [0, 0.1) is 0 Å². The number of amides is 1. The number of nitrogens with one attached hydrogen (secondary N) is 2. The van der Waals surface area contributed by atoms with Gasteiger partial charge in [-0.25, -0.2) is 14.0 Å². The first-order valence-electron chi connectivity index (χ1n) is 7.91. The highest BCUT2D eigenvalue weighted by atomic mass is 35.5. The Balaban J connectivity index is 2.29. The Labute approximate surface area is 155 Å². The van der Waals surface area contributed by atoms with Crippen LogP contribution in [0.1, 0.15) is 19.4 Å². The Morgan fingerprint density at radius 2 is 2.08 bits per heavy atom. The summed E-state index contributed by atoms with van der Waals surface area (Å²) in [6.07, 6.45) is 0. The van der Waals surface area contributed by atoms with Crippen molar-refractivity contribution < 1.29 is 9.18 Å². The predicted octanol–water partition coefficient (Wildman–Crippen LogP) is 1.81. The van der Waals surface area contributed by atoms with Gasteiger partial charge in [-0.15, -0.1) is 9.78 Å². The van der Waals surface area contributed by atoms with Gasteiger partial charge in [0.15, 0.2) is 0 Å². The highest BCUT2D eigenvalue weighted by Gasteiger charge is 2.25. The molecular formula is C16H22ClFN6O2. The predicted molar refractivity (Wildman–Crippen MR) is 99.3 cm³/mol. The van der Waals surface area contributed by atoms with Crippen LogP contribution < -0.4 is 21.3 Å². The Morgan fingerprint density at radius 1 is 1.38 bits per heavy atom. The summed E-state index contributed by atoms with van der Waals surface area (Å²) < 4.78 is 14.8. The molecule has 0 aliphatic carbocycles. The number of hydrogen-bond donors (Lipinski definition) is 2. The Morgan fingerprint density at radius 3 is 2.65 bits per heavy atom. The summed E-state index contributed by atoms with van der Waals surface area (Å²) in [6.45, 7) is 2.54. The normalized spacial score (nSPS) is 11.3. The maximum atomic E-state index is 12.9. The van der Waals surface area contributed by atoms with E-state index in [4.69, 9.17) is 11.6 Å². The number of carbonyl (C=O) groups is 1. The number of hydrogen-bond acceptors (Lipinski definition) is 5. The molecule has 0 aliphatic rings. The SMILES string of the molecule is CN(C)c1nn(C(=O)NC(C)(C)CF)c(=O)n1NCc1cccc(Cl)c1. The number of rotatable bonds is 6. The van der Waals surface area contributed by atoms with E-state index in [0.717, 1.165) is 10.2 Å². The van der Waals surface area contributed by atoms with Crippen molar-refractivity contribution in [3.63, 3.8) is 0 Å². The maximum absolute atomic E-state index is 12.9. The molecule has 2 N–H and O–H groups in total. The maximum Gasteiger partial charge on any atom is 0.375 e. The van der Waals surface area contributed by atoms with Crippen molar-refractivity contribution in [2.75, 3.05) is 31.1 Å². The third kappa shape index (κ3) is 4.54. The van der Waals surface area contributed by atoms with E-state index in [1.165, 1.54) is 13.8 Å². The number of halogens is 2. The van der Waals surface area contributed by atoms with Gasteiger partial charge < -0.3 is 15.6 Å². The second-order valence-electron chi connectivity index (χ2n) is 6.64. The van der Waals surface area contributed by atoms with E-state index < -0.39 is 23.9 Å². The summed E-state index contributed by atoms with van der Waals surface area (Å²) >= 11 is 5.96. The van der Waals surface area contributed by atoms with Crippen LogP contribution in [-0.4, -0.2) is 46.8 Å². The van der Waals surface area contributed by atoms with E-state index >= 15 is 0 Å². The average molecular weight is 385 g/mol. The van der Waals surface area contributed by atoms with Crippen LogP contribution in [-0.2, 0) is 6.54 Å². The summed E-state index contributed by atoms with van der Waals surface area (Å²) in [6, 6.07) is 6.35. The van der Waals surface area contributed by atoms with Crippen molar-refractivity contribution in [1.82, 2.24) is 19.8 Å². The molecule has 1 aromatic heterocycles. The highest BCUT2D eigenvalue weighted by molar-refractivity contribution is 6.30. The molecule has 0 bridgehead atoms. The minimum atomic E-state index is -1.10. The van der Waals surface area contributed by atoms with Gasteiger partial charge in [0.1, 0.15) is 6.67 Å². The van der Waals surface area contributed by atoms with Crippen molar-refractivity contribution in [3.8, 4) is 0 Å².